The lowest BCUT2D eigenvalue weighted by Gasteiger charge is -2.24. The molecule has 3 heterocycles. The van der Waals surface area contributed by atoms with E-state index in [4.69, 9.17) is 9.72 Å². The van der Waals surface area contributed by atoms with Crippen molar-refractivity contribution in [3.8, 4) is 11.3 Å². The number of likely N-dealkylation sites (tertiary alicyclic amines) is 1. The second kappa shape index (κ2) is 11.2. The number of imidazole rings is 1. The number of rotatable bonds is 8. The van der Waals surface area contributed by atoms with Crippen molar-refractivity contribution in [2.24, 2.45) is 0 Å². The molecule has 1 aliphatic rings. The lowest BCUT2D eigenvalue weighted by atomic mass is 10.1. The first-order chi connectivity index (χ1) is 18.4. The number of nitrogens with zero attached hydrogens (tertiary/aromatic N) is 5. The molecule has 1 fully saturated rings. The van der Waals surface area contributed by atoms with Crippen molar-refractivity contribution in [2.45, 2.75) is 57.8 Å². The van der Waals surface area contributed by atoms with Crippen molar-refractivity contribution >= 4 is 35.0 Å². The maximum absolute atomic E-state index is 12.3. The Morgan fingerprint density at radius 3 is 2.56 bits per heavy atom. The molecule has 2 amide bonds. The monoisotopic (exact) mass is 538 g/mol. The van der Waals surface area contributed by atoms with Gasteiger partial charge in [-0.2, -0.15) is 0 Å². The standard InChI is InChI=1S/C27H34N6O6/c1-27(2,3)39-26(38)31(4)12-7-13-32-16-28-20-10-5-8-18(23(20)32)19-9-6-11-22(30-19)29-17-14-21(24(34)35)33(15-17)25(36)37/h5-6,8-11,16-17,21H,7,12-15H2,1-4H3,(H,29,30)(H,34,35)(H,36,37)/t17-,21-/m0/s1. The Labute approximate surface area is 226 Å². The number of carboxylic acids is 1. The summed E-state index contributed by atoms with van der Waals surface area (Å²) in [6.07, 6.45) is 0.987. The highest BCUT2D eigenvalue weighted by Crippen LogP contribution is 2.29. The third kappa shape index (κ3) is 6.57. The van der Waals surface area contributed by atoms with Crippen molar-refractivity contribution in [1.82, 2.24) is 24.3 Å². The van der Waals surface area contributed by atoms with E-state index in [0.717, 1.165) is 21.5 Å². The molecule has 208 valence electrons. The summed E-state index contributed by atoms with van der Waals surface area (Å²) < 4.78 is 7.46. The van der Waals surface area contributed by atoms with Crippen LogP contribution in [0.5, 0.6) is 0 Å². The number of aliphatic carboxylic acids is 1. The van der Waals surface area contributed by atoms with E-state index in [2.05, 4.69) is 10.3 Å². The molecule has 0 aliphatic carbocycles. The molecule has 0 radical (unpaired) electrons. The minimum absolute atomic E-state index is 0.0539. The Hall–Kier alpha value is -4.35. The first kappa shape index (κ1) is 27.7. The van der Waals surface area contributed by atoms with E-state index in [1.165, 1.54) is 0 Å². The number of hydrogen-bond acceptors (Lipinski definition) is 7. The van der Waals surface area contributed by atoms with Gasteiger partial charge in [0.2, 0.25) is 0 Å². The number of carboxylic acid groups (broad SMARTS) is 2. The zero-order valence-electron chi connectivity index (χ0n) is 22.5. The molecule has 1 aliphatic heterocycles. The molecule has 0 bridgehead atoms. The van der Waals surface area contributed by atoms with Crippen LogP contribution in [-0.2, 0) is 16.1 Å². The summed E-state index contributed by atoms with van der Waals surface area (Å²) in [6, 6.07) is 9.81. The van der Waals surface area contributed by atoms with Crippen LogP contribution >= 0.6 is 0 Å². The summed E-state index contributed by atoms with van der Waals surface area (Å²) >= 11 is 0. The van der Waals surface area contributed by atoms with Crippen LogP contribution in [0, 0.1) is 0 Å². The SMILES string of the molecule is CN(CCCn1cnc2cccc(-c3cccc(N[C@H]4C[C@@H](C(=O)O)N(C(=O)O)C4)n3)c21)C(=O)OC(C)(C)C. The number of carbonyl (C=O) groups is 3. The van der Waals surface area contributed by atoms with E-state index in [1.54, 1.807) is 24.3 Å². The fourth-order valence-corrected chi connectivity index (χ4v) is 4.67. The van der Waals surface area contributed by atoms with Crippen molar-refractivity contribution in [3.63, 3.8) is 0 Å². The minimum Gasteiger partial charge on any atom is -0.480 e. The van der Waals surface area contributed by atoms with Crippen LogP contribution in [0.25, 0.3) is 22.3 Å². The smallest absolute Gasteiger partial charge is 0.410 e. The van der Waals surface area contributed by atoms with Gasteiger partial charge in [0.05, 0.1) is 23.1 Å². The molecule has 3 N–H and O–H groups in total. The number of aromatic nitrogens is 3. The Morgan fingerprint density at radius 2 is 1.90 bits per heavy atom. The fraction of sp³-hybridized carbons (Fsp3) is 0.444. The molecule has 12 nitrogen and oxygen atoms in total. The highest BCUT2D eigenvalue weighted by molar-refractivity contribution is 5.91. The van der Waals surface area contributed by atoms with Gasteiger partial charge in [-0.3, -0.25) is 4.90 Å². The van der Waals surface area contributed by atoms with Gasteiger partial charge >= 0.3 is 18.2 Å². The predicted octanol–water partition coefficient (Wildman–Crippen LogP) is 3.97. The van der Waals surface area contributed by atoms with Gasteiger partial charge in [-0.1, -0.05) is 18.2 Å². The molecule has 3 aromatic rings. The number of pyridine rings is 1. The molecule has 0 unspecified atom stereocenters. The summed E-state index contributed by atoms with van der Waals surface area (Å²) in [6.45, 7) is 6.70. The number of anilines is 1. The molecule has 2 atom stereocenters. The summed E-state index contributed by atoms with van der Waals surface area (Å²) in [5, 5.41) is 22.0. The first-order valence-corrected chi connectivity index (χ1v) is 12.8. The maximum Gasteiger partial charge on any atom is 0.410 e. The van der Waals surface area contributed by atoms with Crippen LogP contribution in [0.1, 0.15) is 33.6 Å². The lowest BCUT2D eigenvalue weighted by Crippen LogP contribution is -2.39. The molecule has 0 spiro atoms. The fourth-order valence-electron chi connectivity index (χ4n) is 4.67. The van der Waals surface area contributed by atoms with Crippen LogP contribution in [0.15, 0.2) is 42.7 Å². The Bertz CT molecular complexity index is 1340. The highest BCUT2D eigenvalue weighted by Gasteiger charge is 2.40. The van der Waals surface area contributed by atoms with Gasteiger partial charge in [-0.05, 0) is 45.4 Å². The molecular formula is C27H34N6O6. The number of ether oxygens (including phenoxy) is 1. The van der Waals surface area contributed by atoms with Crippen molar-refractivity contribution in [1.29, 1.82) is 0 Å². The second-order valence-corrected chi connectivity index (χ2v) is 10.6. The van der Waals surface area contributed by atoms with Gasteiger partial charge < -0.3 is 29.7 Å². The summed E-state index contributed by atoms with van der Waals surface area (Å²) in [4.78, 5) is 47.0. The normalized spacial score (nSPS) is 17.3. The van der Waals surface area contributed by atoms with Gasteiger partial charge in [-0.25, -0.2) is 24.4 Å². The van der Waals surface area contributed by atoms with Crippen LogP contribution in [-0.4, -0.2) is 90.5 Å². The predicted molar refractivity (Wildman–Crippen MR) is 145 cm³/mol. The summed E-state index contributed by atoms with van der Waals surface area (Å²) in [5.41, 5.74) is 2.73. The number of fused-ring (bicyclic) bond motifs is 1. The summed E-state index contributed by atoms with van der Waals surface area (Å²) in [5.74, 6) is -0.642. The molecule has 0 saturated carbocycles. The molecule has 1 saturated heterocycles. The minimum atomic E-state index is -1.26. The van der Waals surface area contributed by atoms with Crippen LogP contribution in [0.2, 0.25) is 0 Å². The molecule has 4 rings (SSSR count). The van der Waals surface area contributed by atoms with Crippen LogP contribution in [0.4, 0.5) is 15.4 Å². The number of hydrogen-bond donors (Lipinski definition) is 3. The largest absolute Gasteiger partial charge is 0.480 e. The molecule has 39 heavy (non-hydrogen) atoms. The average molecular weight is 539 g/mol. The van der Waals surface area contributed by atoms with Crippen molar-refractivity contribution < 1.29 is 29.3 Å². The Kier molecular flexibility index (Phi) is 7.93. The zero-order chi connectivity index (χ0) is 28.3. The van der Waals surface area contributed by atoms with Crippen molar-refractivity contribution in [3.05, 3.63) is 42.7 Å². The molecule has 2 aromatic heterocycles. The van der Waals surface area contributed by atoms with Gasteiger partial charge in [0.25, 0.3) is 0 Å². The Balaban J connectivity index is 1.49. The zero-order valence-corrected chi connectivity index (χ0v) is 22.5. The van der Waals surface area contributed by atoms with E-state index in [0.29, 0.717) is 31.0 Å². The molecule has 12 heteroatoms. The second-order valence-electron chi connectivity index (χ2n) is 10.6. The van der Waals surface area contributed by atoms with Gasteiger partial charge in [-0.15, -0.1) is 0 Å². The number of carbonyl (C=O) groups excluding carboxylic acids is 1. The van der Waals surface area contributed by atoms with Crippen molar-refractivity contribution in [2.75, 3.05) is 25.5 Å². The van der Waals surface area contributed by atoms with Gasteiger partial charge in [0.15, 0.2) is 0 Å². The molecular weight excluding hydrogens is 504 g/mol. The van der Waals surface area contributed by atoms with E-state index in [1.807, 2.05) is 55.7 Å². The first-order valence-electron chi connectivity index (χ1n) is 12.8. The van der Waals surface area contributed by atoms with E-state index < -0.39 is 23.7 Å². The van der Waals surface area contributed by atoms with Gasteiger partial charge in [0, 0.05) is 44.7 Å². The quantitative estimate of drug-likeness (QED) is 0.387. The van der Waals surface area contributed by atoms with E-state index >= 15 is 0 Å². The topological polar surface area (TPSA) is 150 Å². The van der Waals surface area contributed by atoms with Crippen LogP contribution in [0.3, 0.4) is 0 Å². The number of amides is 2. The average Bonchev–Trinajstić information content (AvgIpc) is 3.48. The molecule has 1 aromatic carbocycles. The van der Waals surface area contributed by atoms with E-state index in [-0.39, 0.29) is 25.1 Å². The summed E-state index contributed by atoms with van der Waals surface area (Å²) in [7, 11) is 1.71. The number of benzene rings is 1. The van der Waals surface area contributed by atoms with Crippen LogP contribution < -0.4 is 5.32 Å². The highest BCUT2D eigenvalue weighted by atomic mass is 16.6. The van der Waals surface area contributed by atoms with E-state index in [9.17, 15) is 24.6 Å². The third-order valence-corrected chi connectivity index (χ3v) is 6.44. The number of nitrogens with one attached hydrogen (secondary N) is 1. The Morgan fingerprint density at radius 1 is 1.15 bits per heavy atom. The number of para-hydroxylation sites is 1. The van der Waals surface area contributed by atoms with Gasteiger partial charge in [0.1, 0.15) is 17.5 Å². The maximum atomic E-state index is 12.3. The third-order valence-electron chi connectivity index (χ3n) is 6.44. The lowest BCUT2D eigenvalue weighted by molar-refractivity contribution is -0.141. The number of aryl methyl sites for hydroxylation is 1.